The van der Waals surface area contributed by atoms with Crippen LogP contribution >= 0.6 is 11.6 Å². The molecule has 1 heterocycles. The summed E-state index contributed by atoms with van der Waals surface area (Å²) in [7, 11) is 0. The molecule has 3 rings (SSSR count). The molecule has 31 heavy (non-hydrogen) atoms. The van der Waals surface area contributed by atoms with Gasteiger partial charge in [0, 0.05) is 45.8 Å². The number of hydrogen-bond acceptors (Lipinski definition) is 5. The van der Waals surface area contributed by atoms with Crippen LogP contribution in [0.5, 0.6) is 0 Å². The van der Waals surface area contributed by atoms with Crippen LogP contribution in [0.25, 0.3) is 11.1 Å². The van der Waals surface area contributed by atoms with Gasteiger partial charge >= 0.3 is 5.97 Å². The zero-order chi connectivity index (χ0) is 21.5. The van der Waals surface area contributed by atoms with Crippen molar-refractivity contribution in [2.45, 2.75) is 0 Å². The molecule has 3 aromatic rings. The molecular formula is C21H17ClN2NaO6. The number of aromatic carboxylic acids is 1. The van der Waals surface area contributed by atoms with Gasteiger partial charge in [0.05, 0.1) is 23.8 Å². The van der Waals surface area contributed by atoms with Crippen molar-refractivity contribution in [3.05, 3.63) is 71.6 Å². The minimum Gasteiger partial charge on any atom is -0.478 e. The van der Waals surface area contributed by atoms with Crippen LogP contribution < -0.4 is 10.6 Å². The standard InChI is InChI=1S/C21H17ClN2O6.Na/c22-15-4-5-18(17(9-15)21(27)28)24-20(26)12-30-11-19(25)23-16-3-1-2-13(8-16)14-6-7-29-10-14;/h1-10H,11-12H2,(H,23,25)(H,24,26)(H,27,28);. The Labute approximate surface area is 204 Å². The van der Waals surface area contributed by atoms with Crippen LogP contribution in [0.3, 0.4) is 0 Å². The van der Waals surface area contributed by atoms with Gasteiger partial charge in [-0.3, -0.25) is 9.59 Å². The second kappa shape index (κ2) is 11.7. The number of hydrogen-bond donors (Lipinski definition) is 3. The molecule has 0 bridgehead atoms. The van der Waals surface area contributed by atoms with Gasteiger partial charge in [-0.2, -0.15) is 0 Å². The number of anilines is 2. The van der Waals surface area contributed by atoms with E-state index in [2.05, 4.69) is 10.6 Å². The maximum Gasteiger partial charge on any atom is 0.337 e. The summed E-state index contributed by atoms with van der Waals surface area (Å²) in [5.41, 5.74) is 2.26. The first-order chi connectivity index (χ1) is 14.4. The zero-order valence-corrected chi connectivity index (χ0v) is 19.3. The molecular weight excluding hydrogens is 435 g/mol. The van der Waals surface area contributed by atoms with Crippen LogP contribution in [-0.2, 0) is 14.3 Å². The van der Waals surface area contributed by atoms with Crippen molar-refractivity contribution >= 4 is 70.3 Å². The monoisotopic (exact) mass is 451 g/mol. The summed E-state index contributed by atoms with van der Waals surface area (Å²) in [5, 5.41) is 14.5. The largest absolute Gasteiger partial charge is 0.478 e. The summed E-state index contributed by atoms with van der Waals surface area (Å²) in [4.78, 5) is 35.3. The Hall–Kier alpha value is -2.62. The summed E-state index contributed by atoms with van der Waals surface area (Å²) >= 11 is 5.77. The summed E-state index contributed by atoms with van der Waals surface area (Å²) in [6, 6.07) is 13.0. The van der Waals surface area contributed by atoms with Gasteiger partial charge in [0.25, 0.3) is 0 Å². The molecule has 0 saturated heterocycles. The average Bonchev–Trinajstić information content (AvgIpc) is 3.24. The number of carbonyl (C=O) groups is 3. The third-order valence-electron chi connectivity index (χ3n) is 3.95. The van der Waals surface area contributed by atoms with Crippen LogP contribution in [0.15, 0.2) is 65.5 Å². The van der Waals surface area contributed by atoms with Gasteiger partial charge in [-0.05, 0) is 42.0 Å². The molecule has 8 nitrogen and oxygen atoms in total. The Morgan fingerprint density at radius 3 is 2.39 bits per heavy atom. The van der Waals surface area contributed by atoms with Crippen LogP contribution in [0.4, 0.5) is 11.4 Å². The first-order valence-electron chi connectivity index (χ1n) is 8.75. The van der Waals surface area contributed by atoms with Gasteiger partial charge in [-0.15, -0.1) is 0 Å². The molecule has 10 heteroatoms. The second-order valence-electron chi connectivity index (χ2n) is 6.18. The van der Waals surface area contributed by atoms with Crippen LogP contribution in [-0.4, -0.2) is 65.7 Å². The zero-order valence-electron chi connectivity index (χ0n) is 16.6. The number of carbonyl (C=O) groups excluding carboxylic acids is 2. The number of halogens is 1. The van der Waals surface area contributed by atoms with Crippen molar-refractivity contribution < 1.29 is 28.6 Å². The van der Waals surface area contributed by atoms with Crippen molar-refractivity contribution in [1.82, 2.24) is 0 Å². The predicted molar refractivity (Wildman–Crippen MR) is 116 cm³/mol. The molecule has 2 aromatic carbocycles. The van der Waals surface area contributed by atoms with E-state index in [1.165, 1.54) is 18.2 Å². The first kappa shape index (κ1) is 24.6. The molecule has 2 amide bonds. The van der Waals surface area contributed by atoms with Crippen molar-refractivity contribution in [2.24, 2.45) is 0 Å². The number of carboxylic acids is 1. The number of ether oxygens (including phenoxy) is 1. The Morgan fingerprint density at radius 1 is 0.968 bits per heavy atom. The van der Waals surface area contributed by atoms with Gasteiger partial charge in [0.2, 0.25) is 11.8 Å². The molecule has 0 aliphatic carbocycles. The molecule has 0 atom stereocenters. The number of nitrogens with one attached hydrogen (secondary N) is 2. The SMILES string of the molecule is O=C(COCC(=O)Nc1ccc(Cl)cc1C(=O)O)Nc1cccc(-c2ccoc2)c1.[Na]. The van der Waals surface area contributed by atoms with Crippen molar-refractivity contribution in [3.63, 3.8) is 0 Å². The van der Waals surface area contributed by atoms with Crippen LogP contribution in [0, 0.1) is 0 Å². The minimum absolute atomic E-state index is 0. The molecule has 3 N–H and O–H groups in total. The normalized spacial score (nSPS) is 10.1. The molecule has 1 aromatic heterocycles. The number of carboxylic acid groups (broad SMARTS) is 1. The number of amides is 2. The molecule has 155 valence electrons. The fourth-order valence-corrected chi connectivity index (χ4v) is 2.80. The van der Waals surface area contributed by atoms with E-state index in [4.69, 9.17) is 20.8 Å². The topological polar surface area (TPSA) is 118 Å². The predicted octanol–water partition coefficient (Wildman–Crippen LogP) is 3.51. The molecule has 0 aliphatic heterocycles. The summed E-state index contributed by atoms with van der Waals surface area (Å²) < 4.78 is 10.2. The molecule has 0 spiro atoms. The van der Waals surface area contributed by atoms with Gasteiger partial charge < -0.3 is 24.9 Å². The molecule has 0 unspecified atom stereocenters. The smallest absolute Gasteiger partial charge is 0.337 e. The molecule has 0 aliphatic rings. The third kappa shape index (κ3) is 7.23. The number of benzene rings is 2. The minimum atomic E-state index is -1.23. The van der Waals surface area contributed by atoms with Gasteiger partial charge in [0.1, 0.15) is 13.2 Å². The molecule has 1 radical (unpaired) electrons. The molecule has 0 saturated carbocycles. The first-order valence-corrected chi connectivity index (χ1v) is 9.13. The van der Waals surface area contributed by atoms with E-state index in [-0.39, 0.29) is 52.4 Å². The van der Waals surface area contributed by atoms with E-state index in [0.717, 1.165) is 11.1 Å². The van der Waals surface area contributed by atoms with E-state index in [9.17, 15) is 19.5 Å². The fraction of sp³-hybridized carbons (Fsp3) is 0.0952. The quantitative estimate of drug-likeness (QED) is 0.451. The Morgan fingerprint density at radius 2 is 1.71 bits per heavy atom. The maximum absolute atomic E-state index is 12.1. The van der Waals surface area contributed by atoms with E-state index in [0.29, 0.717) is 5.69 Å². The van der Waals surface area contributed by atoms with Crippen LogP contribution in [0.2, 0.25) is 5.02 Å². The van der Waals surface area contributed by atoms with E-state index >= 15 is 0 Å². The summed E-state index contributed by atoms with van der Waals surface area (Å²) in [6.45, 7) is -0.778. The second-order valence-corrected chi connectivity index (χ2v) is 6.61. The summed E-state index contributed by atoms with van der Waals surface area (Å²) in [5.74, 6) is -2.27. The Balaban J connectivity index is 0.00000341. The van der Waals surface area contributed by atoms with E-state index in [1.807, 2.05) is 6.07 Å². The Kier molecular flexibility index (Phi) is 9.29. The number of furan rings is 1. The molecule has 0 fully saturated rings. The van der Waals surface area contributed by atoms with Crippen LogP contribution in [0.1, 0.15) is 10.4 Å². The Bertz CT molecular complexity index is 1070. The van der Waals surface area contributed by atoms with Crippen molar-refractivity contribution in [3.8, 4) is 11.1 Å². The maximum atomic E-state index is 12.1. The van der Waals surface area contributed by atoms with E-state index in [1.54, 1.807) is 36.8 Å². The van der Waals surface area contributed by atoms with E-state index < -0.39 is 24.4 Å². The number of rotatable bonds is 8. The van der Waals surface area contributed by atoms with Gasteiger partial charge in [0.15, 0.2) is 0 Å². The third-order valence-corrected chi connectivity index (χ3v) is 4.19. The van der Waals surface area contributed by atoms with Crippen molar-refractivity contribution in [2.75, 3.05) is 23.8 Å². The van der Waals surface area contributed by atoms with Gasteiger partial charge in [-0.25, -0.2) is 4.79 Å². The summed E-state index contributed by atoms with van der Waals surface area (Å²) in [6.07, 6.45) is 3.15. The van der Waals surface area contributed by atoms with Gasteiger partial charge in [-0.1, -0.05) is 23.7 Å². The average molecular weight is 452 g/mol. The van der Waals surface area contributed by atoms with Crippen molar-refractivity contribution in [1.29, 1.82) is 0 Å². The fourth-order valence-electron chi connectivity index (χ4n) is 2.63.